The average Bonchev–Trinajstić information content (AvgIpc) is 2.65. The van der Waals surface area contributed by atoms with E-state index in [2.05, 4.69) is 10.6 Å². The fourth-order valence-electron chi connectivity index (χ4n) is 2.59. The first-order valence-electron chi connectivity index (χ1n) is 8.66. The quantitative estimate of drug-likeness (QED) is 0.771. The molecule has 2 atom stereocenters. The van der Waals surface area contributed by atoms with Gasteiger partial charge in [0.1, 0.15) is 11.6 Å². The van der Waals surface area contributed by atoms with Crippen molar-refractivity contribution in [2.24, 2.45) is 0 Å². The van der Waals surface area contributed by atoms with Gasteiger partial charge in [0.2, 0.25) is 0 Å². The monoisotopic (exact) mass is 386 g/mol. The maximum atomic E-state index is 13.6. The van der Waals surface area contributed by atoms with E-state index in [9.17, 15) is 18.8 Å². The van der Waals surface area contributed by atoms with E-state index < -0.39 is 35.8 Å². The van der Waals surface area contributed by atoms with Crippen molar-refractivity contribution >= 4 is 29.2 Å². The van der Waals surface area contributed by atoms with Crippen LogP contribution in [0.25, 0.3) is 0 Å². The van der Waals surface area contributed by atoms with Crippen molar-refractivity contribution in [2.75, 3.05) is 10.6 Å². The number of amides is 2. The summed E-state index contributed by atoms with van der Waals surface area (Å²) in [7, 11) is 0. The maximum absolute atomic E-state index is 13.6. The van der Waals surface area contributed by atoms with Gasteiger partial charge in [-0.15, -0.1) is 0 Å². The third-order valence-corrected chi connectivity index (χ3v) is 4.18. The molecule has 2 unspecified atom stereocenters. The standard InChI is InChI=1S/C20H19FN2O5/c1-11-7-8-13(9-14(11)21)22-19(25)12(2)27-18(24)10-17-20(26)23-15-5-3-4-6-16(15)28-17/h3-9,12,17H,10H2,1-2H3,(H,22,25)(H,23,26). The van der Waals surface area contributed by atoms with Crippen molar-refractivity contribution < 1.29 is 28.2 Å². The van der Waals surface area contributed by atoms with Gasteiger partial charge in [0.25, 0.3) is 11.8 Å². The highest BCUT2D eigenvalue weighted by atomic mass is 19.1. The van der Waals surface area contributed by atoms with Crippen LogP contribution < -0.4 is 15.4 Å². The molecule has 2 aromatic carbocycles. The minimum absolute atomic E-state index is 0.252. The summed E-state index contributed by atoms with van der Waals surface area (Å²) in [6.45, 7) is 2.99. The number of hydrogen-bond donors (Lipinski definition) is 2. The molecule has 146 valence electrons. The Morgan fingerprint density at radius 2 is 2.04 bits per heavy atom. The SMILES string of the molecule is Cc1ccc(NC(=O)C(C)OC(=O)CC2Oc3ccccc3NC2=O)cc1F. The van der Waals surface area contributed by atoms with Crippen LogP contribution in [0.1, 0.15) is 18.9 Å². The molecule has 1 aliphatic rings. The van der Waals surface area contributed by atoms with Crippen molar-refractivity contribution in [1.82, 2.24) is 0 Å². The normalized spacial score (nSPS) is 16.2. The Balaban J connectivity index is 1.54. The number of carbonyl (C=O) groups is 3. The first-order valence-corrected chi connectivity index (χ1v) is 8.66. The van der Waals surface area contributed by atoms with Gasteiger partial charge in [-0.3, -0.25) is 14.4 Å². The number of aryl methyl sites for hydroxylation is 1. The minimum Gasteiger partial charge on any atom is -0.478 e. The molecule has 2 amide bonds. The van der Waals surface area contributed by atoms with E-state index in [0.29, 0.717) is 17.0 Å². The molecular weight excluding hydrogens is 367 g/mol. The number of hydrogen-bond acceptors (Lipinski definition) is 5. The van der Waals surface area contributed by atoms with Crippen molar-refractivity contribution in [3.63, 3.8) is 0 Å². The van der Waals surface area contributed by atoms with Gasteiger partial charge >= 0.3 is 5.97 Å². The summed E-state index contributed by atoms with van der Waals surface area (Å²) in [6.07, 6.45) is -2.53. The highest BCUT2D eigenvalue weighted by Crippen LogP contribution is 2.29. The third-order valence-electron chi connectivity index (χ3n) is 4.18. The Kier molecular flexibility index (Phi) is 5.58. The zero-order valence-electron chi connectivity index (χ0n) is 15.3. The summed E-state index contributed by atoms with van der Waals surface area (Å²) in [4.78, 5) is 36.3. The van der Waals surface area contributed by atoms with E-state index in [4.69, 9.17) is 9.47 Å². The van der Waals surface area contributed by atoms with E-state index in [0.717, 1.165) is 0 Å². The number of esters is 1. The topological polar surface area (TPSA) is 93.7 Å². The molecule has 0 saturated heterocycles. The number of ether oxygens (including phenoxy) is 2. The number of para-hydroxylation sites is 2. The Hall–Kier alpha value is -3.42. The lowest BCUT2D eigenvalue weighted by Crippen LogP contribution is -2.40. The molecule has 8 heteroatoms. The predicted octanol–water partition coefficient (Wildman–Crippen LogP) is 2.79. The fraction of sp³-hybridized carbons (Fsp3) is 0.250. The number of halogens is 1. The zero-order chi connectivity index (χ0) is 20.3. The zero-order valence-corrected chi connectivity index (χ0v) is 15.3. The van der Waals surface area contributed by atoms with Crippen molar-refractivity contribution in [2.45, 2.75) is 32.5 Å². The first-order chi connectivity index (χ1) is 13.3. The van der Waals surface area contributed by atoms with Crippen LogP contribution in [0.5, 0.6) is 5.75 Å². The number of rotatable bonds is 5. The second kappa shape index (κ2) is 8.08. The second-order valence-corrected chi connectivity index (χ2v) is 6.38. The smallest absolute Gasteiger partial charge is 0.310 e. The van der Waals surface area contributed by atoms with E-state index >= 15 is 0 Å². The largest absolute Gasteiger partial charge is 0.478 e. The molecule has 2 aromatic rings. The van der Waals surface area contributed by atoms with Gasteiger partial charge in [-0.2, -0.15) is 0 Å². The number of carbonyl (C=O) groups excluding carboxylic acids is 3. The lowest BCUT2D eigenvalue weighted by atomic mass is 10.1. The average molecular weight is 386 g/mol. The molecule has 28 heavy (non-hydrogen) atoms. The van der Waals surface area contributed by atoms with Gasteiger partial charge in [-0.05, 0) is 43.7 Å². The van der Waals surface area contributed by atoms with Crippen LogP contribution in [0, 0.1) is 12.7 Å². The third kappa shape index (κ3) is 4.46. The van der Waals surface area contributed by atoms with Crippen LogP contribution >= 0.6 is 0 Å². The van der Waals surface area contributed by atoms with Crippen molar-refractivity contribution in [3.05, 3.63) is 53.8 Å². The number of anilines is 2. The van der Waals surface area contributed by atoms with Crippen LogP contribution in [0.3, 0.4) is 0 Å². The molecule has 0 fully saturated rings. The van der Waals surface area contributed by atoms with E-state index in [1.807, 2.05) is 0 Å². The molecule has 0 bridgehead atoms. The number of fused-ring (bicyclic) bond motifs is 1. The Labute approximate surface area is 160 Å². The second-order valence-electron chi connectivity index (χ2n) is 6.38. The lowest BCUT2D eigenvalue weighted by molar-refractivity contribution is -0.155. The molecule has 0 aromatic heterocycles. The molecule has 0 aliphatic carbocycles. The molecule has 0 spiro atoms. The van der Waals surface area contributed by atoms with Crippen molar-refractivity contribution in [3.8, 4) is 5.75 Å². The summed E-state index contributed by atoms with van der Waals surface area (Å²) in [5.41, 5.74) is 1.22. The maximum Gasteiger partial charge on any atom is 0.310 e. The molecule has 3 rings (SSSR count). The van der Waals surface area contributed by atoms with Gasteiger partial charge < -0.3 is 20.1 Å². The molecule has 7 nitrogen and oxygen atoms in total. The summed E-state index contributed by atoms with van der Waals surface area (Å²) >= 11 is 0. The summed E-state index contributed by atoms with van der Waals surface area (Å²) < 4.78 is 24.1. The van der Waals surface area contributed by atoms with E-state index in [1.165, 1.54) is 19.1 Å². The molecule has 1 aliphatic heterocycles. The number of nitrogens with one attached hydrogen (secondary N) is 2. The predicted molar refractivity (Wildman–Crippen MR) is 99.4 cm³/mol. The molecule has 1 heterocycles. The molecule has 0 radical (unpaired) electrons. The highest BCUT2D eigenvalue weighted by molar-refractivity contribution is 6.00. The van der Waals surface area contributed by atoms with Crippen LogP contribution in [0.2, 0.25) is 0 Å². The van der Waals surface area contributed by atoms with Gasteiger partial charge in [-0.1, -0.05) is 18.2 Å². The first kappa shape index (κ1) is 19.3. The Morgan fingerprint density at radius 3 is 2.79 bits per heavy atom. The van der Waals surface area contributed by atoms with Crippen LogP contribution in [0.15, 0.2) is 42.5 Å². The van der Waals surface area contributed by atoms with Gasteiger partial charge in [-0.25, -0.2) is 4.39 Å². The van der Waals surface area contributed by atoms with Crippen LogP contribution in [-0.2, 0) is 19.1 Å². The number of benzene rings is 2. The minimum atomic E-state index is -1.13. The molecule has 0 saturated carbocycles. The Bertz CT molecular complexity index is 931. The van der Waals surface area contributed by atoms with Crippen LogP contribution in [-0.4, -0.2) is 30.0 Å². The van der Waals surface area contributed by atoms with Gasteiger partial charge in [0.15, 0.2) is 12.2 Å². The van der Waals surface area contributed by atoms with Crippen molar-refractivity contribution in [1.29, 1.82) is 0 Å². The highest BCUT2D eigenvalue weighted by Gasteiger charge is 2.31. The van der Waals surface area contributed by atoms with Crippen LogP contribution in [0.4, 0.5) is 15.8 Å². The summed E-state index contributed by atoms with van der Waals surface area (Å²) in [6, 6.07) is 11.1. The van der Waals surface area contributed by atoms with Gasteiger partial charge in [0.05, 0.1) is 12.1 Å². The van der Waals surface area contributed by atoms with E-state index in [1.54, 1.807) is 37.3 Å². The van der Waals surface area contributed by atoms with Gasteiger partial charge in [0, 0.05) is 5.69 Å². The molecule has 2 N–H and O–H groups in total. The van der Waals surface area contributed by atoms with E-state index in [-0.39, 0.29) is 12.1 Å². The molecular formula is C20H19FN2O5. The summed E-state index contributed by atoms with van der Waals surface area (Å²) in [5.74, 6) is -1.86. The summed E-state index contributed by atoms with van der Waals surface area (Å²) in [5, 5.41) is 5.12. The Morgan fingerprint density at radius 1 is 1.29 bits per heavy atom. The fourth-order valence-corrected chi connectivity index (χ4v) is 2.59. The lowest BCUT2D eigenvalue weighted by Gasteiger charge is -2.25.